The maximum Gasteiger partial charge on any atom is 0.351 e. The zero-order valence-corrected chi connectivity index (χ0v) is 36.8. The Morgan fingerprint density at radius 1 is 0.700 bits per heavy atom. The number of morpholine rings is 1. The number of ether oxygens (including phenoxy) is 1. The molecule has 0 aliphatic carbocycles. The van der Waals surface area contributed by atoms with Crippen LogP contribution < -0.4 is 11.0 Å². The average Bonchev–Trinajstić information content (AvgIpc) is 3.26. The van der Waals surface area contributed by atoms with Crippen molar-refractivity contribution >= 4 is 19.3 Å². The van der Waals surface area contributed by atoms with E-state index in [2.05, 4.69) is 66.5 Å². The van der Waals surface area contributed by atoms with E-state index in [4.69, 9.17) is 4.74 Å². The van der Waals surface area contributed by atoms with Gasteiger partial charge in [0.2, 0.25) is 0 Å². The van der Waals surface area contributed by atoms with Gasteiger partial charge in [-0.2, -0.15) is 4.98 Å². The third-order valence-corrected chi connectivity index (χ3v) is 11.6. The predicted molar refractivity (Wildman–Crippen MR) is 241 cm³/mol. The predicted octanol–water partition coefficient (Wildman–Crippen LogP) is 7.56. The number of hydrogen-bond donors (Lipinski definition) is 3. The van der Waals surface area contributed by atoms with E-state index in [-0.39, 0.29) is 18.9 Å². The van der Waals surface area contributed by atoms with E-state index in [1.807, 2.05) is 91.0 Å². The van der Waals surface area contributed by atoms with Crippen molar-refractivity contribution < 1.29 is 23.9 Å². The second-order valence-corrected chi connectivity index (χ2v) is 16.0. The highest BCUT2D eigenvalue weighted by Gasteiger charge is 2.47. The van der Waals surface area contributed by atoms with Crippen molar-refractivity contribution in [3.8, 4) is 0 Å². The van der Waals surface area contributed by atoms with Crippen LogP contribution in [0.3, 0.4) is 0 Å². The van der Waals surface area contributed by atoms with Crippen molar-refractivity contribution in [2.24, 2.45) is 0 Å². The van der Waals surface area contributed by atoms with Gasteiger partial charge in [-0.3, -0.25) is 18.8 Å². The van der Waals surface area contributed by atoms with E-state index >= 15 is 0 Å². The van der Waals surface area contributed by atoms with Gasteiger partial charge >= 0.3 is 13.3 Å². The lowest BCUT2D eigenvalue weighted by atomic mass is 9.75. The van der Waals surface area contributed by atoms with Gasteiger partial charge in [-0.05, 0) is 74.2 Å². The zero-order chi connectivity index (χ0) is 43.5. The molecule has 13 heteroatoms. The van der Waals surface area contributed by atoms with Crippen molar-refractivity contribution in [3.05, 3.63) is 166 Å². The molecule has 1 aromatic heterocycles. The fourth-order valence-electron chi connectivity index (χ4n) is 7.52. The van der Waals surface area contributed by atoms with E-state index < -0.39 is 43.2 Å². The van der Waals surface area contributed by atoms with E-state index in [1.54, 1.807) is 30.3 Å². The van der Waals surface area contributed by atoms with Crippen LogP contribution in [0.15, 0.2) is 138 Å². The SMILES string of the molecule is CCN(CC)CC.CCN(CC)CC.O=C(Nc1ccn([C@H]2CN(C(c3ccccc3)(c3ccccc3)c3ccccc3)C[C@@H](CP(=O)(O)O)O2)c(=O)n1)c1ccccc1. The van der Waals surface area contributed by atoms with Gasteiger partial charge in [-0.15, -0.1) is 0 Å². The number of hydrogen-bond acceptors (Lipinski definition) is 8. The van der Waals surface area contributed by atoms with E-state index in [1.165, 1.54) is 56.1 Å². The van der Waals surface area contributed by atoms with Crippen molar-refractivity contribution in [1.82, 2.24) is 24.3 Å². The van der Waals surface area contributed by atoms with Crippen LogP contribution in [0.1, 0.15) is 74.8 Å². The Morgan fingerprint density at radius 3 is 1.48 bits per heavy atom. The fraction of sp³-hybridized carbons (Fsp3) is 0.383. The van der Waals surface area contributed by atoms with Gasteiger partial charge in [-0.25, -0.2) is 4.79 Å². The maximum atomic E-state index is 13.5. The van der Waals surface area contributed by atoms with Gasteiger partial charge in [0.25, 0.3) is 5.91 Å². The molecule has 1 fully saturated rings. The molecule has 4 aromatic carbocycles. The molecular formula is C47H63N6O6P. The first kappa shape index (κ1) is 47.9. The van der Waals surface area contributed by atoms with Crippen LogP contribution in [0.25, 0.3) is 0 Å². The molecule has 12 nitrogen and oxygen atoms in total. The van der Waals surface area contributed by atoms with Gasteiger partial charge in [-0.1, -0.05) is 151 Å². The molecule has 0 unspecified atom stereocenters. The normalized spacial score (nSPS) is 15.7. The third-order valence-electron chi connectivity index (χ3n) is 10.7. The van der Waals surface area contributed by atoms with Crippen LogP contribution in [-0.4, -0.2) is 105 Å². The van der Waals surface area contributed by atoms with Crippen LogP contribution in [0.5, 0.6) is 0 Å². The number of benzene rings is 4. The Balaban J connectivity index is 0.000000488. The summed E-state index contributed by atoms with van der Waals surface area (Å²) in [4.78, 5) is 57.2. The topological polar surface area (TPSA) is 140 Å². The van der Waals surface area contributed by atoms with Crippen LogP contribution in [0.4, 0.5) is 5.82 Å². The number of rotatable bonds is 15. The summed E-state index contributed by atoms with van der Waals surface area (Å²) in [6.07, 6.45) is -0.949. The Kier molecular flexibility index (Phi) is 19.0. The summed E-state index contributed by atoms with van der Waals surface area (Å²) < 4.78 is 19.9. The molecule has 0 radical (unpaired) electrons. The molecule has 0 saturated carbocycles. The summed E-state index contributed by atoms with van der Waals surface area (Å²) in [6, 6.07) is 39.8. The van der Waals surface area contributed by atoms with Gasteiger partial charge in [0.15, 0.2) is 6.23 Å². The second kappa shape index (κ2) is 23.9. The second-order valence-electron chi connectivity index (χ2n) is 14.3. The van der Waals surface area contributed by atoms with E-state index in [0.717, 1.165) is 16.7 Å². The quantitative estimate of drug-likeness (QED) is 0.0715. The molecule has 1 amide bonds. The molecule has 0 bridgehead atoms. The molecule has 322 valence electrons. The number of carbonyl (C=O) groups excluding carboxylic acids is 1. The van der Waals surface area contributed by atoms with Gasteiger partial charge < -0.3 is 29.6 Å². The Hall–Kier alpha value is -4.78. The molecule has 0 spiro atoms. The van der Waals surface area contributed by atoms with Crippen LogP contribution >= 0.6 is 7.60 Å². The highest BCUT2D eigenvalue weighted by atomic mass is 31.2. The van der Waals surface area contributed by atoms with E-state index in [0.29, 0.717) is 5.56 Å². The van der Waals surface area contributed by atoms with Crippen molar-refractivity contribution in [3.63, 3.8) is 0 Å². The number of aromatic nitrogens is 2. The summed E-state index contributed by atoms with van der Waals surface area (Å²) in [5.74, 6) is -0.341. The molecule has 5 aromatic rings. The Labute approximate surface area is 356 Å². The highest BCUT2D eigenvalue weighted by Crippen LogP contribution is 2.46. The number of amides is 1. The maximum absolute atomic E-state index is 13.5. The van der Waals surface area contributed by atoms with Crippen molar-refractivity contribution in [2.45, 2.75) is 59.4 Å². The first-order valence-electron chi connectivity index (χ1n) is 21.0. The molecular weight excluding hydrogens is 776 g/mol. The van der Waals surface area contributed by atoms with Crippen LogP contribution in [-0.2, 0) is 14.8 Å². The molecule has 1 aliphatic rings. The van der Waals surface area contributed by atoms with Crippen molar-refractivity contribution in [1.29, 1.82) is 0 Å². The average molecular weight is 839 g/mol. The number of carbonyl (C=O) groups is 1. The standard InChI is InChI=1S/C35H33N4O6P.2C6H15N/c40-33(26-13-5-1-6-14-26)36-31-21-22-39(34(41)37-31)32-24-38(23-30(45-32)25-46(42,43)44)35(27-15-7-2-8-16-27,28-17-9-3-10-18-28)29-19-11-4-12-20-29;2*1-4-7(5-2)6-3/h1-22,30,32H,23-25H2,(H2,42,43,44)(H,36,37,40,41);2*4-6H2,1-3H3/t30-,32+;;/m0../s1. The summed E-state index contributed by atoms with van der Waals surface area (Å²) in [7, 11) is -4.51. The molecule has 6 rings (SSSR count). The summed E-state index contributed by atoms with van der Waals surface area (Å²) >= 11 is 0. The molecule has 1 aliphatic heterocycles. The first-order valence-corrected chi connectivity index (χ1v) is 22.7. The summed E-state index contributed by atoms with van der Waals surface area (Å²) in [5.41, 5.74) is 1.63. The van der Waals surface area contributed by atoms with Crippen molar-refractivity contribution in [2.75, 3.05) is 63.8 Å². The van der Waals surface area contributed by atoms with Gasteiger partial charge in [0.1, 0.15) is 5.82 Å². The Bertz CT molecular complexity index is 1980. The smallest absolute Gasteiger partial charge is 0.351 e. The minimum absolute atomic E-state index is 0.0711. The minimum Gasteiger partial charge on any atom is -0.351 e. The zero-order valence-electron chi connectivity index (χ0n) is 35.9. The summed E-state index contributed by atoms with van der Waals surface area (Å²) in [6.45, 7) is 20.6. The monoisotopic (exact) mass is 838 g/mol. The number of nitrogens with one attached hydrogen (secondary N) is 1. The fourth-order valence-corrected chi connectivity index (χ4v) is 8.25. The molecule has 1 saturated heterocycles. The molecule has 2 atom stereocenters. The molecule has 3 N–H and O–H groups in total. The number of nitrogens with zero attached hydrogens (tertiary/aromatic N) is 5. The minimum atomic E-state index is -4.51. The lowest BCUT2D eigenvalue weighted by Crippen LogP contribution is -2.58. The van der Waals surface area contributed by atoms with Crippen LogP contribution in [0, 0.1) is 0 Å². The van der Waals surface area contributed by atoms with E-state index in [9.17, 15) is 23.9 Å². The van der Waals surface area contributed by atoms with Gasteiger partial charge in [0, 0.05) is 24.8 Å². The molecule has 2 heterocycles. The van der Waals surface area contributed by atoms with Crippen LogP contribution in [0.2, 0.25) is 0 Å². The summed E-state index contributed by atoms with van der Waals surface area (Å²) in [5, 5.41) is 2.65. The largest absolute Gasteiger partial charge is 0.351 e. The molecule has 60 heavy (non-hydrogen) atoms. The third kappa shape index (κ3) is 13.1. The highest BCUT2D eigenvalue weighted by molar-refractivity contribution is 7.51. The van der Waals surface area contributed by atoms with Gasteiger partial charge in [0.05, 0.1) is 17.8 Å². The first-order chi connectivity index (χ1) is 28.9. The lowest BCUT2D eigenvalue weighted by molar-refractivity contribution is -0.131. The lowest BCUT2D eigenvalue weighted by Gasteiger charge is -2.50. The number of anilines is 1. The Morgan fingerprint density at radius 2 is 1.12 bits per heavy atom.